The molecule has 0 aromatic rings. The number of carbonyl (C=O) groups excluding carboxylic acids is 1. The van der Waals surface area contributed by atoms with Crippen LogP contribution in [0, 0.1) is 5.92 Å². The van der Waals surface area contributed by atoms with E-state index in [1.807, 2.05) is 13.8 Å². The van der Waals surface area contributed by atoms with Gasteiger partial charge in [0.25, 0.3) is 0 Å². The number of nitrogens with zero attached hydrogens (tertiary/aromatic N) is 1. The molecule has 1 fully saturated rings. The van der Waals surface area contributed by atoms with Crippen LogP contribution in [0.15, 0.2) is 0 Å². The highest BCUT2D eigenvalue weighted by Crippen LogP contribution is 2.19. The Kier molecular flexibility index (Phi) is 5.44. The molecule has 0 aromatic heterocycles. The summed E-state index contributed by atoms with van der Waals surface area (Å²) in [7, 11) is 0. The van der Waals surface area contributed by atoms with Crippen LogP contribution < -0.4 is 5.32 Å². The molecular formula is C12H21F3N2O. The maximum Gasteiger partial charge on any atom is 0.406 e. The average Bonchev–Trinajstić information content (AvgIpc) is 2.66. The highest BCUT2D eigenvalue weighted by molar-refractivity contribution is 5.77. The van der Waals surface area contributed by atoms with Gasteiger partial charge in [-0.2, -0.15) is 13.2 Å². The van der Waals surface area contributed by atoms with Gasteiger partial charge >= 0.3 is 6.18 Å². The van der Waals surface area contributed by atoms with E-state index in [0.29, 0.717) is 0 Å². The van der Waals surface area contributed by atoms with E-state index in [1.165, 1.54) is 0 Å². The van der Waals surface area contributed by atoms with E-state index in [2.05, 4.69) is 5.32 Å². The molecule has 0 bridgehead atoms. The zero-order chi connectivity index (χ0) is 13.8. The summed E-state index contributed by atoms with van der Waals surface area (Å²) in [6.45, 7) is 3.48. The second-order valence-corrected chi connectivity index (χ2v) is 5.28. The van der Waals surface area contributed by atoms with Crippen molar-refractivity contribution >= 4 is 5.91 Å². The Morgan fingerprint density at radius 2 is 2.11 bits per heavy atom. The molecule has 1 N–H and O–H groups in total. The van der Waals surface area contributed by atoms with Crippen LogP contribution in [0.5, 0.6) is 0 Å². The van der Waals surface area contributed by atoms with E-state index >= 15 is 0 Å². The van der Waals surface area contributed by atoms with Crippen molar-refractivity contribution in [2.75, 3.05) is 19.6 Å². The summed E-state index contributed by atoms with van der Waals surface area (Å²) in [6, 6.07) is 0.0420. The number of hydrogen-bond acceptors (Lipinski definition) is 2. The average molecular weight is 266 g/mol. The van der Waals surface area contributed by atoms with Crippen molar-refractivity contribution in [1.82, 2.24) is 10.2 Å². The highest BCUT2D eigenvalue weighted by Gasteiger charge is 2.34. The Hall–Kier alpha value is -0.780. The standard InChI is InChI=1S/C12H21F3N2O/c1-9(2)7-17(8-12(13,14)15)11(18)6-10-4-3-5-16-10/h9-10,16H,3-8H2,1-2H3. The maximum absolute atomic E-state index is 12.4. The van der Waals surface area contributed by atoms with Crippen molar-refractivity contribution in [3.8, 4) is 0 Å². The summed E-state index contributed by atoms with van der Waals surface area (Å²) in [4.78, 5) is 12.8. The lowest BCUT2D eigenvalue weighted by Crippen LogP contribution is -2.43. The number of amides is 1. The molecular weight excluding hydrogens is 245 g/mol. The van der Waals surface area contributed by atoms with Crippen molar-refractivity contribution in [3.05, 3.63) is 0 Å². The summed E-state index contributed by atoms with van der Waals surface area (Å²) in [5, 5.41) is 3.13. The zero-order valence-electron chi connectivity index (χ0n) is 10.9. The van der Waals surface area contributed by atoms with Crippen molar-refractivity contribution in [1.29, 1.82) is 0 Å². The van der Waals surface area contributed by atoms with Crippen molar-refractivity contribution in [3.63, 3.8) is 0 Å². The Labute approximate surface area is 106 Å². The smallest absolute Gasteiger partial charge is 0.333 e. The molecule has 0 saturated carbocycles. The molecule has 1 atom stereocenters. The van der Waals surface area contributed by atoms with Gasteiger partial charge in [-0.15, -0.1) is 0 Å². The van der Waals surface area contributed by atoms with Crippen molar-refractivity contribution in [2.24, 2.45) is 5.92 Å². The number of alkyl halides is 3. The Balaban J connectivity index is 2.54. The van der Waals surface area contributed by atoms with Crippen LogP contribution in [0.1, 0.15) is 33.1 Å². The fraction of sp³-hybridized carbons (Fsp3) is 0.917. The quantitative estimate of drug-likeness (QED) is 0.827. The minimum absolute atomic E-state index is 0.0350. The highest BCUT2D eigenvalue weighted by atomic mass is 19.4. The van der Waals surface area contributed by atoms with Crippen LogP contribution in [0.25, 0.3) is 0 Å². The number of rotatable bonds is 5. The van der Waals surface area contributed by atoms with Gasteiger partial charge in [0.2, 0.25) is 5.91 Å². The van der Waals surface area contributed by atoms with Crippen molar-refractivity contribution in [2.45, 2.75) is 45.3 Å². The molecule has 1 saturated heterocycles. The van der Waals surface area contributed by atoms with E-state index in [9.17, 15) is 18.0 Å². The minimum Gasteiger partial charge on any atom is -0.333 e. The number of hydrogen-bond donors (Lipinski definition) is 1. The van der Waals surface area contributed by atoms with Crippen LogP contribution in [-0.4, -0.2) is 42.7 Å². The molecule has 0 radical (unpaired) electrons. The summed E-state index contributed by atoms with van der Waals surface area (Å²) in [6.07, 6.45) is -2.30. The first-order chi connectivity index (χ1) is 8.28. The monoisotopic (exact) mass is 266 g/mol. The first-order valence-corrected chi connectivity index (χ1v) is 6.36. The van der Waals surface area contributed by atoms with Crippen molar-refractivity contribution < 1.29 is 18.0 Å². The van der Waals surface area contributed by atoms with Gasteiger partial charge in [-0.3, -0.25) is 4.79 Å². The van der Waals surface area contributed by atoms with Gasteiger partial charge in [0.1, 0.15) is 6.54 Å². The van der Waals surface area contributed by atoms with Crippen LogP contribution >= 0.6 is 0 Å². The molecule has 1 heterocycles. The molecule has 1 aliphatic rings. The van der Waals surface area contributed by atoms with Crippen LogP contribution in [-0.2, 0) is 4.79 Å². The first-order valence-electron chi connectivity index (χ1n) is 6.36. The molecule has 1 amide bonds. The van der Waals surface area contributed by atoms with Crippen LogP contribution in [0.2, 0.25) is 0 Å². The lowest BCUT2D eigenvalue weighted by atomic mass is 10.1. The molecule has 0 aliphatic carbocycles. The Bertz CT molecular complexity index is 273. The lowest BCUT2D eigenvalue weighted by Gasteiger charge is -2.26. The van der Waals surface area contributed by atoms with E-state index in [1.54, 1.807) is 0 Å². The molecule has 1 rings (SSSR count). The fourth-order valence-corrected chi connectivity index (χ4v) is 2.18. The topological polar surface area (TPSA) is 32.3 Å². The maximum atomic E-state index is 12.4. The lowest BCUT2D eigenvalue weighted by molar-refractivity contribution is -0.162. The van der Waals surface area contributed by atoms with Gasteiger partial charge in [0.05, 0.1) is 0 Å². The molecule has 1 unspecified atom stereocenters. The van der Waals surface area contributed by atoms with E-state index in [0.717, 1.165) is 24.3 Å². The summed E-state index contributed by atoms with van der Waals surface area (Å²) >= 11 is 0. The molecule has 18 heavy (non-hydrogen) atoms. The molecule has 3 nitrogen and oxygen atoms in total. The van der Waals surface area contributed by atoms with Gasteiger partial charge in [-0.1, -0.05) is 13.8 Å². The Morgan fingerprint density at radius 3 is 2.56 bits per heavy atom. The minimum atomic E-state index is -4.33. The third-order valence-electron chi connectivity index (χ3n) is 2.89. The van der Waals surface area contributed by atoms with E-state index in [4.69, 9.17) is 0 Å². The van der Waals surface area contributed by atoms with E-state index < -0.39 is 18.6 Å². The van der Waals surface area contributed by atoms with Gasteiger partial charge in [0.15, 0.2) is 0 Å². The summed E-state index contributed by atoms with van der Waals surface area (Å²) in [5.74, 6) is -0.367. The molecule has 1 aliphatic heterocycles. The second-order valence-electron chi connectivity index (χ2n) is 5.28. The SMILES string of the molecule is CC(C)CN(CC(F)(F)F)C(=O)CC1CCCN1. The third-order valence-corrected chi connectivity index (χ3v) is 2.89. The number of carbonyl (C=O) groups is 1. The van der Waals surface area contributed by atoms with Gasteiger partial charge in [-0.05, 0) is 25.3 Å². The molecule has 0 spiro atoms. The molecule has 0 aromatic carbocycles. The predicted octanol–water partition coefficient (Wildman–Crippen LogP) is 2.18. The van der Waals surface area contributed by atoms with Gasteiger partial charge in [-0.25, -0.2) is 0 Å². The first kappa shape index (κ1) is 15.3. The van der Waals surface area contributed by atoms with Crippen LogP contribution in [0.4, 0.5) is 13.2 Å². The molecule has 6 heteroatoms. The molecule has 106 valence electrons. The Morgan fingerprint density at radius 1 is 1.44 bits per heavy atom. The van der Waals surface area contributed by atoms with Gasteiger partial charge in [0, 0.05) is 19.0 Å². The predicted molar refractivity (Wildman–Crippen MR) is 63.1 cm³/mol. The zero-order valence-corrected chi connectivity index (χ0v) is 10.9. The third kappa shape index (κ3) is 5.71. The van der Waals surface area contributed by atoms with Gasteiger partial charge < -0.3 is 10.2 Å². The largest absolute Gasteiger partial charge is 0.406 e. The van der Waals surface area contributed by atoms with E-state index in [-0.39, 0.29) is 24.9 Å². The van der Waals surface area contributed by atoms with Crippen LogP contribution in [0.3, 0.4) is 0 Å². The fourth-order valence-electron chi connectivity index (χ4n) is 2.18. The normalized spacial score (nSPS) is 20.4. The number of nitrogens with one attached hydrogen (secondary N) is 1. The second kappa shape index (κ2) is 6.41. The number of halogens is 3. The summed E-state index contributed by atoms with van der Waals surface area (Å²) in [5.41, 5.74) is 0. The summed E-state index contributed by atoms with van der Waals surface area (Å²) < 4.78 is 37.3.